The molecule has 3 N–H and O–H groups in total. The van der Waals surface area contributed by atoms with Crippen molar-refractivity contribution in [2.75, 3.05) is 13.2 Å². The van der Waals surface area contributed by atoms with Crippen LogP contribution in [0, 0.1) is 0 Å². The molecular formula is C21H38O5. The monoisotopic (exact) mass is 370 g/mol. The molecule has 0 aliphatic carbocycles. The summed E-state index contributed by atoms with van der Waals surface area (Å²) in [5.74, 6) is -1.01. The van der Waals surface area contributed by atoms with Crippen LogP contribution in [0.1, 0.15) is 77.6 Å². The van der Waals surface area contributed by atoms with Crippen molar-refractivity contribution in [2.24, 2.45) is 0 Å². The number of carboxylic acids is 1. The predicted octanol–water partition coefficient (Wildman–Crippen LogP) is 4.23. The average molecular weight is 371 g/mol. The molecule has 0 aromatic carbocycles. The first-order valence-electron chi connectivity index (χ1n) is 10.0. The number of hydrogen-bond acceptors (Lipinski definition) is 4. The zero-order chi connectivity index (χ0) is 19.5. The second kappa shape index (κ2) is 18.6. The van der Waals surface area contributed by atoms with Gasteiger partial charge in [0.25, 0.3) is 0 Å². The molecule has 0 spiro atoms. The summed E-state index contributed by atoms with van der Waals surface area (Å²) in [6.07, 6.45) is 18.5. The van der Waals surface area contributed by atoms with Gasteiger partial charge >= 0.3 is 5.97 Å². The maximum absolute atomic E-state index is 11.1. The molecule has 0 aliphatic heterocycles. The van der Waals surface area contributed by atoms with Crippen LogP contribution in [0.15, 0.2) is 24.3 Å². The molecule has 5 heteroatoms. The lowest BCUT2D eigenvalue weighted by Crippen LogP contribution is -2.29. The molecular weight excluding hydrogens is 332 g/mol. The van der Waals surface area contributed by atoms with Crippen LogP contribution in [-0.2, 0) is 9.53 Å². The standard InChI is InChI=1S/C21H38O5/c1-2-3-4-5-6-7-8-9-10-11-12-13-14-15-16-20(21(24)25)26-18-19(23)17-22/h6-7,9-10,19-20,22-23H,2-5,8,11-18H2,1H3,(H,24,25)/b7-6-,10-9-. The Bertz CT molecular complexity index is 379. The smallest absolute Gasteiger partial charge is 0.332 e. The zero-order valence-corrected chi connectivity index (χ0v) is 16.3. The summed E-state index contributed by atoms with van der Waals surface area (Å²) in [5, 5.41) is 27.0. The fraction of sp³-hybridized carbons (Fsp3) is 0.762. The van der Waals surface area contributed by atoms with Gasteiger partial charge in [-0.05, 0) is 38.5 Å². The number of aliphatic hydroxyl groups is 2. The molecule has 0 amide bonds. The second-order valence-electron chi connectivity index (χ2n) is 6.66. The van der Waals surface area contributed by atoms with Gasteiger partial charge in [0.1, 0.15) is 6.10 Å². The van der Waals surface area contributed by atoms with Gasteiger partial charge < -0.3 is 20.1 Å². The lowest BCUT2D eigenvalue weighted by atomic mass is 10.1. The summed E-state index contributed by atoms with van der Waals surface area (Å²) in [6.45, 7) is 1.65. The van der Waals surface area contributed by atoms with Gasteiger partial charge in [0.05, 0.1) is 13.2 Å². The summed E-state index contributed by atoms with van der Waals surface area (Å²) in [6, 6.07) is 0. The van der Waals surface area contributed by atoms with Gasteiger partial charge in [0.2, 0.25) is 0 Å². The quantitative estimate of drug-likeness (QED) is 0.248. The minimum absolute atomic E-state index is 0.148. The highest BCUT2D eigenvalue weighted by Crippen LogP contribution is 2.11. The van der Waals surface area contributed by atoms with Crippen molar-refractivity contribution in [1.29, 1.82) is 0 Å². The van der Waals surface area contributed by atoms with Gasteiger partial charge in [-0.1, -0.05) is 63.3 Å². The Morgan fingerprint density at radius 3 is 2.15 bits per heavy atom. The highest BCUT2D eigenvalue weighted by molar-refractivity contribution is 5.72. The van der Waals surface area contributed by atoms with Gasteiger partial charge in [-0.15, -0.1) is 0 Å². The SMILES string of the molecule is CCCCC/C=C\C/C=C\CCCCCCC(OCC(O)CO)C(=O)O. The zero-order valence-electron chi connectivity index (χ0n) is 16.3. The molecule has 0 aromatic rings. The third-order valence-corrected chi connectivity index (χ3v) is 4.14. The topological polar surface area (TPSA) is 87.0 Å². The summed E-state index contributed by atoms with van der Waals surface area (Å²) in [5.41, 5.74) is 0. The van der Waals surface area contributed by atoms with Crippen molar-refractivity contribution in [3.8, 4) is 0 Å². The van der Waals surface area contributed by atoms with Crippen molar-refractivity contribution >= 4 is 5.97 Å². The van der Waals surface area contributed by atoms with Crippen molar-refractivity contribution in [3.05, 3.63) is 24.3 Å². The minimum atomic E-state index is -1.02. The number of unbranched alkanes of at least 4 members (excludes halogenated alkanes) is 7. The normalized spacial score (nSPS) is 14.3. The van der Waals surface area contributed by atoms with E-state index in [1.54, 1.807) is 0 Å². The summed E-state index contributed by atoms with van der Waals surface area (Å²) < 4.78 is 5.14. The van der Waals surface area contributed by atoms with Crippen LogP contribution in [0.2, 0.25) is 0 Å². The molecule has 5 nitrogen and oxygen atoms in total. The summed E-state index contributed by atoms with van der Waals surface area (Å²) >= 11 is 0. The molecule has 152 valence electrons. The molecule has 0 rings (SSSR count). The fourth-order valence-corrected chi connectivity index (χ4v) is 2.52. The van der Waals surface area contributed by atoms with E-state index >= 15 is 0 Å². The van der Waals surface area contributed by atoms with Gasteiger partial charge in [0, 0.05) is 0 Å². The van der Waals surface area contributed by atoms with Crippen molar-refractivity contribution in [2.45, 2.75) is 89.8 Å². The predicted molar refractivity (Wildman–Crippen MR) is 105 cm³/mol. The van der Waals surface area contributed by atoms with Crippen LogP contribution in [0.25, 0.3) is 0 Å². The molecule has 0 aromatic heterocycles. The number of hydrogen-bond donors (Lipinski definition) is 3. The van der Waals surface area contributed by atoms with Crippen LogP contribution in [0.3, 0.4) is 0 Å². The minimum Gasteiger partial charge on any atom is -0.479 e. The second-order valence-corrected chi connectivity index (χ2v) is 6.66. The maximum atomic E-state index is 11.1. The van der Waals surface area contributed by atoms with E-state index in [4.69, 9.17) is 14.9 Å². The largest absolute Gasteiger partial charge is 0.479 e. The van der Waals surface area contributed by atoms with Gasteiger partial charge in [-0.2, -0.15) is 0 Å². The summed E-state index contributed by atoms with van der Waals surface area (Å²) in [7, 11) is 0. The molecule has 0 radical (unpaired) electrons. The number of ether oxygens (including phenoxy) is 1. The van der Waals surface area contributed by atoms with Crippen molar-refractivity contribution in [3.63, 3.8) is 0 Å². The fourth-order valence-electron chi connectivity index (χ4n) is 2.52. The van der Waals surface area contributed by atoms with Crippen molar-refractivity contribution in [1.82, 2.24) is 0 Å². The van der Waals surface area contributed by atoms with E-state index in [0.717, 1.165) is 38.5 Å². The van der Waals surface area contributed by atoms with Crippen molar-refractivity contribution < 1.29 is 24.9 Å². The van der Waals surface area contributed by atoms with Gasteiger partial charge in [0.15, 0.2) is 6.10 Å². The van der Waals surface area contributed by atoms with E-state index in [1.807, 2.05) is 0 Å². The van der Waals surface area contributed by atoms with E-state index < -0.39 is 24.8 Å². The van der Waals surface area contributed by atoms with Crippen LogP contribution in [0.5, 0.6) is 0 Å². The highest BCUT2D eigenvalue weighted by Gasteiger charge is 2.18. The molecule has 0 fully saturated rings. The molecule has 2 atom stereocenters. The number of allylic oxidation sites excluding steroid dienone is 4. The Morgan fingerprint density at radius 1 is 0.962 bits per heavy atom. The maximum Gasteiger partial charge on any atom is 0.332 e. The van der Waals surface area contributed by atoms with Gasteiger partial charge in [-0.25, -0.2) is 4.79 Å². The lowest BCUT2D eigenvalue weighted by Gasteiger charge is -2.15. The molecule has 0 aliphatic rings. The van der Waals surface area contributed by atoms with Gasteiger partial charge in [-0.3, -0.25) is 0 Å². The first-order chi connectivity index (χ1) is 12.6. The Morgan fingerprint density at radius 2 is 1.58 bits per heavy atom. The number of rotatable bonds is 18. The number of carbonyl (C=O) groups is 1. The molecule has 0 saturated heterocycles. The van der Waals surface area contributed by atoms with Crippen LogP contribution in [-0.4, -0.2) is 46.7 Å². The third kappa shape index (κ3) is 16.3. The van der Waals surface area contributed by atoms with E-state index in [2.05, 4.69) is 31.2 Å². The van der Waals surface area contributed by atoms with Crippen LogP contribution in [0.4, 0.5) is 0 Å². The Labute approximate surface area is 158 Å². The Hall–Kier alpha value is -1.17. The first-order valence-corrected chi connectivity index (χ1v) is 10.0. The van der Waals surface area contributed by atoms with Crippen LogP contribution < -0.4 is 0 Å². The molecule has 26 heavy (non-hydrogen) atoms. The molecule has 0 heterocycles. The number of aliphatic carboxylic acids is 1. The molecule has 0 bridgehead atoms. The Kier molecular flexibility index (Phi) is 17.8. The average Bonchev–Trinajstić information content (AvgIpc) is 2.63. The number of carboxylic acid groups (broad SMARTS) is 1. The van der Waals surface area contributed by atoms with E-state index in [1.165, 1.54) is 25.7 Å². The highest BCUT2D eigenvalue weighted by atomic mass is 16.5. The first kappa shape index (κ1) is 24.8. The van der Waals surface area contributed by atoms with E-state index in [-0.39, 0.29) is 6.61 Å². The van der Waals surface area contributed by atoms with Crippen LogP contribution >= 0.6 is 0 Å². The molecule has 2 unspecified atom stereocenters. The van der Waals surface area contributed by atoms with E-state index in [9.17, 15) is 9.90 Å². The number of aliphatic hydroxyl groups excluding tert-OH is 2. The Balaban J connectivity index is 3.57. The summed E-state index contributed by atoms with van der Waals surface area (Å²) in [4.78, 5) is 11.1. The molecule has 0 saturated carbocycles. The lowest BCUT2D eigenvalue weighted by molar-refractivity contribution is -0.153. The third-order valence-electron chi connectivity index (χ3n) is 4.14. The van der Waals surface area contributed by atoms with E-state index in [0.29, 0.717) is 6.42 Å².